The molecular weight excluding hydrogens is 232 g/mol. The van der Waals surface area contributed by atoms with Crippen LogP contribution in [0.15, 0.2) is 0 Å². The van der Waals surface area contributed by atoms with E-state index >= 15 is 0 Å². The Balaban J connectivity index is 3.37. The van der Waals surface area contributed by atoms with E-state index < -0.39 is 0 Å². The van der Waals surface area contributed by atoms with Gasteiger partial charge < -0.3 is 4.79 Å². The molecule has 1 nitrogen and oxygen atoms in total. The summed E-state index contributed by atoms with van der Waals surface area (Å²) in [5.74, 6) is 2.04. The van der Waals surface area contributed by atoms with Crippen molar-refractivity contribution in [3.63, 3.8) is 0 Å². The molecule has 0 rings (SSSR count). The number of carbonyl (C=O) groups is 1. The molecule has 0 aromatic rings. The Kier molecular flexibility index (Phi) is 12.5. The molecule has 0 unspecified atom stereocenters. The second kappa shape index (κ2) is 12.7. The van der Waals surface area contributed by atoms with Crippen molar-refractivity contribution in [3.05, 3.63) is 0 Å². The zero-order valence-electron chi connectivity index (χ0n) is 13.8. The fourth-order valence-corrected chi connectivity index (χ4v) is 2.72. The zero-order valence-corrected chi connectivity index (χ0v) is 13.8. The molecule has 0 aromatic heterocycles. The third-order valence-electron chi connectivity index (χ3n) is 4.17. The van der Waals surface area contributed by atoms with E-state index in [-0.39, 0.29) is 0 Å². The average molecular weight is 268 g/mol. The molecule has 2 atom stereocenters. The number of unbranched alkanes of at least 4 members (excludes halogenated alkanes) is 3. The van der Waals surface area contributed by atoms with Crippen molar-refractivity contribution in [1.82, 2.24) is 0 Å². The summed E-state index contributed by atoms with van der Waals surface area (Å²) in [6.07, 6.45) is 14.2. The first-order chi connectivity index (χ1) is 9.06. The topological polar surface area (TPSA) is 17.1 Å². The van der Waals surface area contributed by atoms with Gasteiger partial charge in [0.25, 0.3) is 0 Å². The molecule has 0 aliphatic rings. The van der Waals surface area contributed by atoms with Crippen molar-refractivity contribution in [2.45, 2.75) is 98.3 Å². The molecule has 0 heterocycles. The molecule has 0 saturated carbocycles. The van der Waals surface area contributed by atoms with Crippen LogP contribution in [-0.2, 0) is 4.79 Å². The highest BCUT2D eigenvalue weighted by atomic mass is 16.1. The molecule has 0 saturated heterocycles. The number of ketones is 1. The maximum Gasteiger partial charge on any atom is 0.129 e. The minimum atomic E-state index is 0.341. The second-order valence-electron chi connectivity index (χ2n) is 6.58. The van der Waals surface area contributed by atoms with E-state index in [0.717, 1.165) is 24.7 Å². The molecule has 1 heteroatoms. The Morgan fingerprint density at radius 3 is 1.84 bits per heavy atom. The lowest BCUT2D eigenvalue weighted by atomic mass is 9.92. The number of hydrogen-bond donors (Lipinski definition) is 0. The number of Topliss-reactive ketones (excluding diaryl/α,β-unsaturated/α-hetero) is 1. The molecule has 0 aromatic carbocycles. The van der Waals surface area contributed by atoms with Gasteiger partial charge in [-0.25, -0.2) is 0 Å². The van der Waals surface area contributed by atoms with Gasteiger partial charge in [0.05, 0.1) is 0 Å². The van der Waals surface area contributed by atoms with Crippen LogP contribution >= 0.6 is 0 Å². The average Bonchev–Trinajstić information content (AvgIpc) is 2.34. The predicted molar refractivity (Wildman–Crippen MR) is 85.5 cm³/mol. The molecular formula is C18H36O. The summed E-state index contributed by atoms with van der Waals surface area (Å²) < 4.78 is 0. The van der Waals surface area contributed by atoms with Crippen molar-refractivity contribution in [3.8, 4) is 0 Å². The molecule has 0 fully saturated rings. The summed E-state index contributed by atoms with van der Waals surface area (Å²) in [4.78, 5) is 10.9. The largest absolute Gasteiger partial charge is 0.300 e. The Hall–Kier alpha value is -0.330. The van der Waals surface area contributed by atoms with Crippen molar-refractivity contribution in [2.24, 2.45) is 11.8 Å². The van der Waals surface area contributed by atoms with E-state index in [2.05, 4.69) is 20.8 Å². The highest BCUT2D eigenvalue weighted by molar-refractivity contribution is 5.75. The highest BCUT2D eigenvalue weighted by Gasteiger charge is 2.06. The third kappa shape index (κ3) is 13.9. The molecule has 0 spiro atoms. The summed E-state index contributed by atoms with van der Waals surface area (Å²) in [5, 5.41) is 0. The Morgan fingerprint density at radius 1 is 0.789 bits per heavy atom. The number of carbonyl (C=O) groups excluding carboxylic acids is 1. The fourth-order valence-electron chi connectivity index (χ4n) is 2.72. The summed E-state index contributed by atoms with van der Waals surface area (Å²) >= 11 is 0. The van der Waals surface area contributed by atoms with Gasteiger partial charge in [-0.3, -0.25) is 0 Å². The lowest BCUT2D eigenvalue weighted by Gasteiger charge is -2.14. The van der Waals surface area contributed by atoms with Gasteiger partial charge in [0, 0.05) is 6.42 Å². The molecule has 0 N–H and O–H groups in total. The molecule has 19 heavy (non-hydrogen) atoms. The molecule has 0 radical (unpaired) electrons. The molecule has 114 valence electrons. The van der Waals surface area contributed by atoms with E-state index in [1.54, 1.807) is 6.92 Å². The third-order valence-corrected chi connectivity index (χ3v) is 4.17. The van der Waals surface area contributed by atoms with Gasteiger partial charge in [0.1, 0.15) is 5.78 Å². The van der Waals surface area contributed by atoms with E-state index in [4.69, 9.17) is 0 Å². The Labute approximate surface area is 121 Å². The van der Waals surface area contributed by atoms with Crippen LogP contribution < -0.4 is 0 Å². The standard InChI is InChI=1S/C18H36O/c1-5-6-7-8-11-16(2)12-9-13-17(3)14-10-15-18(4)19/h16-17H,5-15H2,1-4H3/t16-,17-/m1/s1. The zero-order chi connectivity index (χ0) is 14.5. The molecule has 0 amide bonds. The van der Waals surface area contributed by atoms with Crippen LogP contribution in [0.3, 0.4) is 0 Å². The van der Waals surface area contributed by atoms with E-state index in [0.29, 0.717) is 5.78 Å². The quantitative estimate of drug-likeness (QED) is 0.366. The van der Waals surface area contributed by atoms with Gasteiger partial charge >= 0.3 is 0 Å². The van der Waals surface area contributed by atoms with Crippen LogP contribution in [0.4, 0.5) is 0 Å². The van der Waals surface area contributed by atoms with Gasteiger partial charge in [0.15, 0.2) is 0 Å². The second-order valence-corrected chi connectivity index (χ2v) is 6.58. The molecule has 0 bridgehead atoms. The van der Waals surface area contributed by atoms with Crippen molar-refractivity contribution >= 4 is 5.78 Å². The fraction of sp³-hybridized carbons (Fsp3) is 0.944. The predicted octanol–water partition coefficient (Wildman–Crippen LogP) is 6.16. The Morgan fingerprint density at radius 2 is 1.32 bits per heavy atom. The summed E-state index contributed by atoms with van der Waals surface area (Å²) in [5.41, 5.74) is 0. The number of rotatable bonds is 13. The van der Waals surface area contributed by atoms with E-state index in [9.17, 15) is 4.79 Å². The van der Waals surface area contributed by atoms with Crippen LogP contribution in [0.25, 0.3) is 0 Å². The van der Waals surface area contributed by atoms with Crippen LogP contribution in [0.5, 0.6) is 0 Å². The molecule has 0 aliphatic carbocycles. The normalized spacial score (nSPS) is 14.3. The Bertz CT molecular complexity index is 210. The molecule has 0 aliphatic heterocycles. The first kappa shape index (κ1) is 18.7. The van der Waals surface area contributed by atoms with Gasteiger partial charge in [-0.2, -0.15) is 0 Å². The smallest absolute Gasteiger partial charge is 0.129 e. The SMILES string of the molecule is CCCCCC[C@@H](C)CCC[C@@H](C)CCCC(C)=O. The van der Waals surface area contributed by atoms with Crippen molar-refractivity contribution in [2.75, 3.05) is 0 Å². The van der Waals surface area contributed by atoms with Crippen LogP contribution in [-0.4, -0.2) is 5.78 Å². The van der Waals surface area contributed by atoms with Crippen LogP contribution in [0, 0.1) is 11.8 Å². The van der Waals surface area contributed by atoms with Crippen LogP contribution in [0.2, 0.25) is 0 Å². The first-order valence-electron chi connectivity index (χ1n) is 8.55. The van der Waals surface area contributed by atoms with Gasteiger partial charge in [-0.15, -0.1) is 0 Å². The van der Waals surface area contributed by atoms with Crippen LogP contribution in [0.1, 0.15) is 98.3 Å². The maximum atomic E-state index is 10.9. The lowest BCUT2D eigenvalue weighted by Crippen LogP contribution is -2.00. The number of hydrogen-bond acceptors (Lipinski definition) is 1. The van der Waals surface area contributed by atoms with Gasteiger partial charge in [0.2, 0.25) is 0 Å². The van der Waals surface area contributed by atoms with E-state index in [1.807, 2.05) is 0 Å². The minimum Gasteiger partial charge on any atom is -0.300 e. The maximum absolute atomic E-state index is 10.9. The monoisotopic (exact) mass is 268 g/mol. The van der Waals surface area contributed by atoms with Gasteiger partial charge in [-0.05, 0) is 25.2 Å². The van der Waals surface area contributed by atoms with Crippen molar-refractivity contribution < 1.29 is 4.79 Å². The summed E-state index contributed by atoms with van der Waals surface area (Å²) in [7, 11) is 0. The highest BCUT2D eigenvalue weighted by Crippen LogP contribution is 2.20. The lowest BCUT2D eigenvalue weighted by molar-refractivity contribution is -0.117. The summed E-state index contributed by atoms with van der Waals surface area (Å²) in [6, 6.07) is 0. The summed E-state index contributed by atoms with van der Waals surface area (Å²) in [6.45, 7) is 8.72. The van der Waals surface area contributed by atoms with Crippen molar-refractivity contribution in [1.29, 1.82) is 0 Å². The first-order valence-corrected chi connectivity index (χ1v) is 8.55. The van der Waals surface area contributed by atoms with Gasteiger partial charge in [-0.1, -0.05) is 78.6 Å². The van der Waals surface area contributed by atoms with E-state index in [1.165, 1.54) is 57.8 Å². The minimum absolute atomic E-state index is 0.341.